The number of morpholine rings is 1. The highest BCUT2D eigenvalue weighted by Gasteiger charge is 2.35. The molecule has 3 unspecified atom stereocenters. The second-order valence-corrected chi connectivity index (χ2v) is 6.43. The Labute approximate surface area is 121 Å². The topological polar surface area (TPSA) is 44.8 Å². The summed E-state index contributed by atoms with van der Waals surface area (Å²) in [4.78, 5) is 17.2. The van der Waals surface area contributed by atoms with Crippen LogP contribution in [0.5, 0.6) is 0 Å². The van der Waals surface area contributed by atoms with Gasteiger partial charge >= 0.3 is 0 Å². The second-order valence-electron chi connectivity index (χ2n) is 6.43. The molecule has 3 aliphatic rings. The van der Waals surface area contributed by atoms with E-state index < -0.39 is 0 Å². The van der Waals surface area contributed by atoms with Crippen molar-refractivity contribution in [3.63, 3.8) is 0 Å². The van der Waals surface area contributed by atoms with Crippen molar-refractivity contribution in [2.45, 2.75) is 50.7 Å². The highest BCUT2D eigenvalue weighted by Crippen LogP contribution is 2.20. The average molecular weight is 281 g/mol. The molecule has 0 bridgehead atoms. The Kier molecular flexibility index (Phi) is 4.58. The average Bonchev–Trinajstić information content (AvgIpc) is 2.97. The van der Waals surface area contributed by atoms with E-state index in [-0.39, 0.29) is 6.04 Å². The van der Waals surface area contributed by atoms with Gasteiger partial charge in [0, 0.05) is 38.3 Å². The zero-order chi connectivity index (χ0) is 13.9. The number of rotatable bonds is 2. The van der Waals surface area contributed by atoms with Crippen LogP contribution in [0, 0.1) is 0 Å². The SMILES string of the molecule is CC1CCCC(C(=O)N2CCC(N3CCOCC3)C2)N1. The van der Waals surface area contributed by atoms with E-state index in [2.05, 4.69) is 22.0 Å². The molecule has 0 aromatic heterocycles. The van der Waals surface area contributed by atoms with E-state index >= 15 is 0 Å². The summed E-state index contributed by atoms with van der Waals surface area (Å²) in [5.41, 5.74) is 0. The Bertz CT molecular complexity index is 344. The number of amides is 1. The molecule has 0 aliphatic carbocycles. The van der Waals surface area contributed by atoms with Gasteiger partial charge in [-0.2, -0.15) is 0 Å². The molecule has 20 heavy (non-hydrogen) atoms. The molecular formula is C15H27N3O2. The summed E-state index contributed by atoms with van der Waals surface area (Å²) in [6, 6.07) is 1.08. The standard InChI is InChI=1S/C15H27N3O2/c1-12-3-2-4-14(16-12)15(19)18-6-5-13(11-18)17-7-9-20-10-8-17/h12-14,16H,2-11H2,1H3. The van der Waals surface area contributed by atoms with E-state index in [1.54, 1.807) is 0 Å². The van der Waals surface area contributed by atoms with Crippen molar-refractivity contribution >= 4 is 5.91 Å². The van der Waals surface area contributed by atoms with Gasteiger partial charge < -0.3 is 15.0 Å². The molecule has 0 aromatic carbocycles. The molecule has 0 radical (unpaired) electrons. The third kappa shape index (κ3) is 3.15. The second kappa shape index (κ2) is 6.41. The lowest BCUT2D eigenvalue weighted by Gasteiger charge is -2.33. The largest absolute Gasteiger partial charge is 0.379 e. The van der Waals surface area contributed by atoms with Crippen LogP contribution >= 0.6 is 0 Å². The molecule has 114 valence electrons. The molecule has 3 atom stereocenters. The van der Waals surface area contributed by atoms with Gasteiger partial charge in [0.15, 0.2) is 0 Å². The van der Waals surface area contributed by atoms with E-state index in [0.29, 0.717) is 18.0 Å². The van der Waals surface area contributed by atoms with Crippen LogP contribution in [0.4, 0.5) is 0 Å². The Morgan fingerprint density at radius 3 is 2.70 bits per heavy atom. The third-order valence-corrected chi connectivity index (χ3v) is 4.95. The van der Waals surface area contributed by atoms with Crippen LogP contribution in [0.25, 0.3) is 0 Å². The number of hydrogen-bond donors (Lipinski definition) is 1. The number of piperidine rings is 1. The maximum atomic E-state index is 12.6. The van der Waals surface area contributed by atoms with Gasteiger partial charge in [-0.05, 0) is 32.6 Å². The number of nitrogens with one attached hydrogen (secondary N) is 1. The molecule has 0 spiro atoms. The van der Waals surface area contributed by atoms with Crippen LogP contribution in [0.3, 0.4) is 0 Å². The summed E-state index contributed by atoms with van der Waals surface area (Å²) in [5, 5.41) is 3.46. The lowest BCUT2D eigenvalue weighted by molar-refractivity contribution is -0.133. The number of carbonyl (C=O) groups is 1. The summed E-state index contributed by atoms with van der Waals surface area (Å²) in [6.45, 7) is 7.73. The number of hydrogen-bond acceptors (Lipinski definition) is 4. The van der Waals surface area contributed by atoms with Crippen molar-refractivity contribution in [2.24, 2.45) is 0 Å². The van der Waals surface area contributed by atoms with E-state index in [4.69, 9.17) is 4.74 Å². The Balaban J connectivity index is 1.52. The summed E-state index contributed by atoms with van der Waals surface area (Å²) in [6.07, 6.45) is 4.49. The molecule has 0 aromatic rings. The van der Waals surface area contributed by atoms with Gasteiger partial charge in [0.2, 0.25) is 5.91 Å². The van der Waals surface area contributed by atoms with E-state index in [1.165, 1.54) is 12.8 Å². The minimum absolute atomic E-state index is 0.0576. The Hall–Kier alpha value is -0.650. The van der Waals surface area contributed by atoms with Gasteiger partial charge in [-0.3, -0.25) is 9.69 Å². The lowest BCUT2D eigenvalue weighted by Crippen LogP contribution is -2.52. The zero-order valence-corrected chi connectivity index (χ0v) is 12.5. The first-order valence-electron chi connectivity index (χ1n) is 8.10. The zero-order valence-electron chi connectivity index (χ0n) is 12.5. The van der Waals surface area contributed by atoms with Crippen LogP contribution in [-0.2, 0) is 9.53 Å². The van der Waals surface area contributed by atoms with Gasteiger partial charge in [0.1, 0.15) is 0 Å². The van der Waals surface area contributed by atoms with Crippen LogP contribution in [0.2, 0.25) is 0 Å². The number of ether oxygens (including phenoxy) is 1. The minimum atomic E-state index is 0.0576. The molecule has 3 heterocycles. The molecule has 5 nitrogen and oxygen atoms in total. The quantitative estimate of drug-likeness (QED) is 0.798. The van der Waals surface area contributed by atoms with Crippen LogP contribution in [-0.4, -0.2) is 73.2 Å². The van der Waals surface area contributed by atoms with E-state index in [9.17, 15) is 4.79 Å². The summed E-state index contributed by atoms with van der Waals surface area (Å²) < 4.78 is 5.41. The maximum Gasteiger partial charge on any atom is 0.239 e. The van der Waals surface area contributed by atoms with Crippen molar-refractivity contribution in [3.05, 3.63) is 0 Å². The summed E-state index contributed by atoms with van der Waals surface area (Å²) in [7, 11) is 0. The maximum absolute atomic E-state index is 12.6. The Morgan fingerprint density at radius 1 is 1.15 bits per heavy atom. The lowest BCUT2D eigenvalue weighted by atomic mass is 9.99. The van der Waals surface area contributed by atoms with Crippen LogP contribution in [0.15, 0.2) is 0 Å². The fraction of sp³-hybridized carbons (Fsp3) is 0.933. The highest BCUT2D eigenvalue weighted by atomic mass is 16.5. The predicted molar refractivity (Wildman–Crippen MR) is 77.6 cm³/mol. The predicted octanol–water partition coefficient (Wildman–Crippen LogP) is 0.450. The van der Waals surface area contributed by atoms with Crippen LogP contribution in [0.1, 0.15) is 32.6 Å². The number of nitrogens with zero attached hydrogens (tertiary/aromatic N) is 2. The van der Waals surface area contributed by atoms with Crippen molar-refractivity contribution in [1.29, 1.82) is 0 Å². The van der Waals surface area contributed by atoms with Crippen molar-refractivity contribution in [2.75, 3.05) is 39.4 Å². The van der Waals surface area contributed by atoms with Gasteiger partial charge in [-0.1, -0.05) is 0 Å². The molecule has 3 rings (SSSR count). The molecule has 3 aliphatic heterocycles. The summed E-state index contributed by atoms with van der Waals surface area (Å²) in [5.74, 6) is 0.326. The van der Waals surface area contributed by atoms with Gasteiger partial charge in [0.05, 0.1) is 19.3 Å². The van der Waals surface area contributed by atoms with Gasteiger partial charge in [0.25, 0.3) is 0 Å². The first kappa shape index (κ1) is 14.3. The molecule has 3 saturated heterocycles. The monoisotopic (exact) mass is 281 g/mol. The normalized spacial score (nSPS) is 36.2. The van der Waals surface area contributed by atoms with E-state index in [1.807, 2.05) is 0 Å². The fourth-order valence-corrected chi connectivity index (χ4v) is 3.74. The molecule has 5 heteroatoms. The molecule has 1 N–H and O–H groups in total. The molecule has 3 fully saturated rings. The van der Waals surface area contributed by atoms with Gasteiger partial charge in [-0.25, -0.2) is 0 Å². The van der Waals surface area contributed by atoms with Crippen LogP contribution < -0.4 is 5.32 Å². The number of carbonyl (C=O) groups excluding carboxylic acids is 1. The minimum Gasteiger partial charge on any atom is -0.379 e. The highest BCUT2D eigenvalue weighted by molar-refractivity contribution is 5.82. The summed E-state index contributed by atoms with van der Waals surface area (Å²) >= 11 is 0. The smallest absolute Gasteiger partial charge is 0.239 e. The first-order valence-corrected chi connectivity index (χ1v) is 8.10. The fourth-order valence-electron chi connectivity index (χ4n) is 3.74. The number of likely N-dealkylation sites (tertiary alicyclic amines) is 1. The molecule has 0 saturated carbocycles. The van der Waals surface area contributed by atoms with Crippen molar-refractivity contribution in [1.82, 2.24) is 15.1 Å². The van der Waals surface area contributed by atoms with Crippen molar-refractivity contribution in [3.8, 4) is 0 Å². The molecular weight excluding hydrogens is 254 g/mol. The van der Waals surface area contributed by atoms with Crippen molar-refractivity contribution < 1.29 is 9.53 Å². The first-order chi connectivity index (χ1) is 9.74. The third-order valence-electron chi connectivity index (χ3n) is 4.95. The molecule has 1 amide bonds. The Morgan fingerprint density at radius 2 is 1.95 bits per heavy atom. The van der Waals surface area contributed by atoms with Gasteiger partial charge in [-0.15, -0.1) is 0 Å². The van der Waals surface area contributed by atoms with E-state index in [0.717, 1.165) is 52.2 Å².